The summed E-state index contributed by atoms with van der Waals surface area (Å²) >= 11 is 0. The molecular weight excluding hydrogens is 318 g/mol. The van der Waals surface area contributed by atoms with Crippen molar-refractivity contribution in [3.05, 3.63) is 35.4 Å². The van der Waals surface area contributed by atoms with Gasteiger partial charge in [0.15, 0.2) is 11.6 Å². The lowest BCUT2D eigenvalue weighted by molar-refractivity contribution is 0.0952. The van der Waals surface area contributed by atoms with Gasteiger partial charge in [0.2, 0.25) is 0 Å². The second-order valence-electron chi connectivity index (χ2n) is 6.42. The fraction of sp³-hybridized carbons (Fsp3) is 0.588. The number of carbonyl (C=O) groups is 1. The van der Waals surface area contributed by atoms with Crippen LogP contribution in [0.2, 0.25) is 0 Å². The van der Waals surface area contributed by atoms with Crippen molar-refractivity contribution in [3.8, 4) is 0 Å². The number of rotatable bonds is 3. The second-order valence-corrected chi connectivity index (χ2v) is 6.42. The zero-order chi connectivity index (χ0) is 17.1. The third-order valence-corrected chi connectivity index (χ3v) is 4.83. The van der Waals surface area contributed by atoms with Crippen LogP contribution in [0.3, 0.4) is 0 Å². The Bertz CT molecular complexity index is 591. The maximum absolute atomic E-state index is 13.4. The summed E-state index contributed by atoms with van der Waals surface area (Å²) < 4.78 is 32.1. The van der Waals surface area contributed by atoms with Crippen molar-refractivity contribution < 1.29 is 23.4 Å². The Hall–Kier alpha value is -1.73. The molecule has 7 heteroatoms. The van der Waals surface area contributed by atoms with Crippen molar-refractivity contribution in [2.24, 2.45) is 5.92 Å². The van der Waals surface area contributed by atoms with Crippen molar-refractivity contribution >= 4 is 6.03 Å². The van der Waals surface area contributed by atoms with Crippen molar-refractivity contribution in [2.45, 2.75) is 31.4 Å². The van der Waals surface area contributed by atoms with Crippen LogP contribution in [0.25, 0.3) is 0 Å². The molecule has 5 nitrogen and oxygen atoms in total. The minimum atomic E-state index is -0.917. The Balaban J connectivity index is 1.61. The molecule has 2 aliphatic rings. The topological polar surface area (TPSA) is 61.8 Å². The normalized spacial score (nSPS) is 25.0. The first kappa shape index (κ1) is 17.1. The largest absolute Gasteiger partial charge is 0.396 e. The van der Waals surface area contributed by atoms with E-state index in [4.69, 9.17) is 9.84 Å². The lowest BCUT2D eigenvalue weighted by Gasteiger charge is -2.32. The van der Waals surface area contributed by atoms with Gasteiger partial charge in [0.25, 0.3) is 0 Å². The third kappa shape index (κ3) is 3.67. The first-order valence-electron chi connectivity index (χ1n) is 8.31. The number of halogens is 2. The Morgan fingerprint density at radius 2 is 2.00 bits per heavy atom. The monoisotopic (exact) mass is 340 g/mol. The van der Waals surface area contributed by atoms with E-state index in [0.29, 0.717) is 31.7 Å². The van der Waals surface area contributed by atoms with Crippen LogP contribution in [-0.4, -0.2) is 48.4 Å². The van der Waals surface area contributed by atoms with Crippen molar-refractivity contribution in [2.75, 3.05) is 26.3 Å². The molecule has 0 saturated carbocycles. The van der Waals surface area contributed by atoms with Gasteiger partial charge in [-0.2, -0.15) is 0 Å². The number of likely N-dealkylation sites (tertiary alicyclic amines) is 1. The first-order valence-corrected chi connectivity index (χ1v) is 8.31. The van der Waals surface area contributed by atoms with Gasteiger partial charge in [-0.15, -0.1) is 0 Å². The third-order valence-electron chi connectivity index (χ3n) is 4.83. The van der Waals surface area contributed by atoms with Crippen molar-refractivity contribution in [1.82, 2.24) is 10.2 Å². The number of hydrogen-bond acceptors (Lipinski definition) is 3. The molecule has 1 aromatic rings. The van der Waals surface area contributed by atoms with E-state index in [1.54, 1.807) is 4.90 Å². The van der Waals surface area contributed by atoms with Crippen LogP contribution in [0.5, 0.6) is 0 Å². The minimum Gasteiger partial charge on any atom is -0.396 e. The summed E-state index contributed by atoms with van der Waals surface area (Å²) in [7, 11) is 0. The Labute approximate surface area is 139 Å². The number of benzene rings is 1. The van der Waals surface area contributed by atoms with Gasteiger partial charge in [0.1, 0.15) is 6.10 Å². The summed E-state index contributed by atoms with van der Waals surface area (Å²) in [6.45, 7) is 1.84. The molecule has 132 valence electrons. The Kier molecular flexibility index (Phi) is 5.30. The molecule has 0 spiro atoms. The molecule has 0 aliphatic carbocycles. The van der Waals surface area contributed by atoms with E-state index in [-0.39, 0.29) is 24.6 Å². The Morgan fingerprint density at radius 1 is 1.25 bits per heavy atom. The highest BCUT2D eigenvalue weighted by atomic mass is 19.2. The Morgan fingerprint density at radius 3 is 2.67 bits per heavy atom. The summed E-state index contributed by atoms with van der Waals surface area (Å²) in [5.74, 6) is -1.55. The van der Waals surface area contributed by atoms with E-state index in [1.807, 2.05) is 0 Å². The second kappa shape index (κ2) is 7.44. The van der Waals surface area contributed by atoms with E-state index in [0.717, 1.165) is 25.0 Å². The van der Waals surface area contributed by atoms with Crippen LogP contribution >= 0.6 is 0 Å². The zero-order valence-corrected chi connectivity index (χ0v) is 13.4. The molecule has 2 heterocycles. The molecule has 3 rings (SSSR count). The van der Waals surface area contributed by atoms with Gasteiger partial charge < -0.3 is 20.1 Å². The predicted octanol–water partition coefficient (Wildman–Crippen LogP) is 2.21. The van der Waals surface area contributed by atoms with E-state index >= 15 is 0 Å². The molecule has 2 saturated heterocycles. The van der Waals surface area contributed by atoms with E-state index < -0.39 is 17.7 Å². The number of urea groups is 1. The zero-order valence-electron chi connectivity index (χ0n) is 13.4. The fourth-order valence-electron chi connectivity index (χ4n) is 3.32. The van der Waals surface area contributed by atoms with Crippen LogP contribution in [-0.2, 0) is 4.74 Å². The van der Waals surface area contributed by atoms with Gasteiger partial charge in [0, 0.05) is 26.3 Å². The number of hydrogen-bond donors (Lipinski definition) is 2. The molecule has 2 aliphatic heterocycles. The molecule has 0 radical (unpaired) electrons. The highest BCUT2D eigenvalue weighted by molar-refractivity contribution is 5.74. The van der Waals surface area contributed by atoms with Crippen LogP contribution in [0.1, 0.15) is 30.9 Å². The standard InChI is InChI=1S/C17H22F2N2O3/c18-13-2-1-12(9-14(13)19)16-15(5-8-24-16)20-17(23)21-6-3-11(10-22)4-7-21/h1-2,9,11,15-16,22H,3-8,10H2,(H,20,23)/t15-,16-/m1/s1. The van der Waals surface area contributed by atoms with Crippen LogP contribution in [0, 0.1) is 17.6 Å². The summed E-state index contributed by atoms with van der Waals surface area (Å²) in [5, 5.41) is 12.1. The highest BCUT2D eigenvalue weighted by Crippen LogP contribution is 2.30. The molecule has 0 aromatic heterocycles. The minimum absolute atomic E-state index is 0.157. The average Bonchev–Trinajstić information content (AvgIpc) is 3.05. The van der Waals surface area contributed by atoms with Crippen LogP contribution < -0.4 is 5.32 Å². The van der Waals surface area contributed by atoms with Crippen molar-refractivity contribution in [3.63, 3.8) is 0 Å². The smallest absolute Gasteiger partial charge is 0.317 e. The van der Waals surface area contributed by atoms with Crippen LogP contribution in [0.4, 0.5) is 13.6 Å². The molecule has 2 fully saturated rings. The number of aliphatic hydroxyl groups excluding tert-OH is 1. The van der Waals surface area contributed by atoms with Gasteiger partial charge in [-0.1, -0.05) is 6.07 Å². The summed E-state index contributed by atoms with van der Waals surface area (Å²) in [6, 6.07) is 3.25. The lowest BCUT2D eigenvalue weighted by atomic mass is 9.98. The molecule has 24 heavy (non-hydrogen) atoms. The van der Waals surface area contributed by atoms with Gasteiger partial charge >= 0.3 is 6.03 Å². The average molecular weight is 340 g/mol. The molecule has 2 atom stereocenters. The predicted molar refractivity (Wildman–Crippen MR) is 83.4 cm³/mol. The number of nitrogens with zero attached hydrogens (tertiary/aromatic N) is 1. The lowest BCUT2D eigenvalue weighted by Crippen LogP contribution is -2.48. The number of piperidine rings is 1. The molecule has 1 aromatic carbocycles. The molecule has 2 amide bonds. The van der Waals surface area contributed by atoms with E-state index in [1.165, 1.54) is 6.07 Å². The van der Waals surface area contributed by atoms with Gasteiger partial charge in [-0.25, -0.2) is 13.6 Å². The van der Waals surface area contributed by atoms with Gasteiger partial charge in [-0.05, 0) is 42.9 Å². The van der Waals surface area contributed by atoms with Gasteiger partial charge in [-0.3, -0.25) is 0 Å². The summed E-state index contributed by atoms with van der Waals surface area (Å²) in [5.41, 5.74) is 0.524. The number of ether oxygens (including phenoxy) is 1. The van der Waals surface area contributed by atoms with Crippen LogP contribution in [0.15, 0.2) is 18.2 Å². The molecule has 2 N–H and O–H groups in total. The first-order chi connectivity index (χ1) is 11.6. The molecular formula is C17H22F2N2O3. The number of aliphatic hydroxyl groups is 1. The number of amides is 2. The van der Waals surface area contributed by atoms with E-state index in [2.05, 4.69) is 5.32 Å². The quantitative estimate of drug-likeness (QED) is 0.887. The number of nitrogens with one attached hydrogen (secondary N) is 1. The highest BCUT2D eigenvalue weighted by Gasteiger charge is 2.33. The number of carbonyl (C=O) groups excluding carboxylic acids is 1. The maximum Gasteiger partial charge on any atom is 0.317 e. The van der Waals surface area contributed by atoms with E-state index in [9.17, 15) is 13.6 Å². The molecule has 0 bridgehead atoms. The summed E-state index contributed by atoms with van der Waals surface area (Å²) in [4.78, 5) is 14.1. The van der Waals surface area contributed by atoms with Crippen molar-refractivity contribution in [1.29, 1.82) is 0 Å². The summed E-state index contributed by atoms with van der Waals surface area (Å²) in [6.07, 6.45) is 1.73. The maximum atomic E-state index is 13.4. The SMILES string of the molecule is O=C(N[C@@H]1CCO[C@@H]1c1ccc(F)c(F)c1)N1CCC(CO)CC1. The fourth-order valence-corrected chi connectivity index (χ4v) is 3.32. The molecule has 0 unspecified atom stereocenters. The van der Waals surface area contributed by atoms with Gasteiger partial charge in [0.05, 0.1) is 6.04 Å².